The van der Waals surface area contributed by atoms with Crippen LogP contribution < -0.4 is 10.6 Å². The molecule has 2 N–H and O–H groups in total. The summed E-state index contributed by atoms with van der Waals surface area (Å²) in [5, 5.41) is 6.73. The van der Waals surface area contributed by atoms with E-state index in [1.54, 1.807) is 0 Å². The first-order valence-corrected chi connectivity index (χ1v) is 7.62. The lowest BCUT2D eigenvalue weighted by atomic mass is 10.1. The molecule has 1 rings (SSSR count). The molecule has 0 unspecified atom stereocenters. The van der Waals surface area contributed by atoms with Crippen LogP contribution in [0.3, 0.4) is 0 Å². The van der Waals surface area contributed by atoms with Crippen molar-refractivity contribution >= 4 is 6.08 Å². The molecule has 21 heavy (non-hydrogen) atoms. The monoisotopic (exact) mass is 284 g/mol. The summed E-state index contributed by atoms with van der Waals surface area (Å²) in [7, 11) is 0. The first-order chi connectivity index (χ1) is 10.1. The molecule has 0 amide bonds. The maximum absolute atomic E-state index is 3.43. The van der Waals surface area contributed by atoms with Gasteiger partial charge in [-0.25, -0.2) is 0 Å². The molecule has 0 fully saturated rings. The number of benzene rings is 1. The van der Waals surface area contributed by atoms with Gasteiger partial charge >= 0.3 is 0 Å². The highest BCUT2D eigenvalue weighted by Crippen LogP contribution is 2.11. The topological polar surface area (TPSA) is 24.1 Å². The zero-order valence-corrected chi connectivity index (χ0v) is 14.0. The van der Waals surface area contributed by atoms with E-state index in [0.29, 0.717) is 0 Å². The van der Waals surface area contributed by atoms with Gasteiger partial charge in [-0.2, -0.15) is 0 Å². The summed E-state index contributed by atoms with van der Waals surface area (Å²) in [6.07, 6.45) is 7.32. The molecule has 1 aromatic rings. The minimum atomic E-state index is 0.719. The number of nitrogens with one attached hydrogen (secondary N) is 2. The van der Waals surface area contributed by atoms with Gasteiger partial charge < -0.3 is 10.6 Å². The van der Waals surface area contributed by atoms with Crippen molar-refractivity contribution < 1.29 is 0 Å². The summed E-state index contributed by atoms with van der Waals surface area (Å²) in [4.78, 5) is 0. The second kappa shape index (κ2) is 9.06. The van der Waals surface area contributed by atoms with E-state index in [4.69, 9.17) is 0 Å². The van der Waals surface area contributed by atoms with Gasteiger partial charge in [0.1, 0.15) is 0 Å². The Balaban J connectivity index is 2.54. The van der Waals surface area contributed by atoms with Gasteiger partial charge in [0.2, 0.25) is 0 Å². The molecule has 0 saturated carbocycles. The fraction of sp³-hybridized carbons (Fsp3) is 0.368. The number of aryl methyl sites for hydroxylation is 1. The molecule has 0 saturated heterocycles. The highest BCUT2D eigenvalue weighted by atomic mass is 15.1. The van der Waals surface area contributed by atoms with E-state index in [2.05, 4.69) is 81.7 Å². The standard InChI is InChI=1S/C19H28N2/c1-6-16(5)19(15(3)4)21-14-20-13-12-18-11-9-8-10-17(18)7-2/h6,8-13,20-21H,7,14H2,1-5H3/b13-12-,16-6-. The Morgan fingerprint density at radius 3 is 2.48 bits per heavy atom. The highest BCUT2D eigenvalue weighted by Gasteiger charge is 1.99. The number of rotatable bonds is 7. The van der Waals surface area contributed by atoms with Crippen LogP contribution in [-0.2, 0) is 6.42 Å². The Morgan fingerprint density at radius 1 is 1.14 bits per heavy atom. The summed E-state index contributed by atoms with van der Waals surface area (Å²) < 4.78 is 0. The largest absolute Gasteiger partial charge is 0.374 e. The molecule has 0 aliphatic rings. The van der Waals surface area contributed by atoms with E-state index in [1.807, 2.05) is 6.20 Å². The quantitative estimate of drug-likeness (QED) is 0.434. The first-order valence-electron chi connectivity index (χ1n) is 7.62. The van der Waals surface area contributed by atoms with Crippen LogP contribution in [0.2, 0.25) is 0 Å². The molecular formula is C19H28N2. The van der Waals surface area contributed by atoms with Crippen molar-refractivity contribution in [3.8, 4) is 0 Å². The molecule has 2 heteroatoms. The fourth-order valence-electron chi connectivity index (χ4n) is 2.22. The fourth-order valence-corrected chi connectivity index (χ4v) is 2.22. The molecule has 114 valence electrons. The molecule has 0 radical (unpaired) electrons. The predicted octanol–water partition coefficient (Wildman–Crippen LogP) is 4.62. The second-order valence-electron chi connectivity index (χ2n) is 5.29. The maximum Gasteiger partial charge on any atom is 0.0844 e. The molecule has 0 aliphatic carbocycles. The van der Waals surface area contributed by atoms with E-state index in [-0.39, 0.29) is 0 Å². The van der Waals surface area contributed by atoms with Gasteiger partial charge in [0.15, 0.2) is 0 Å². The minimum absolute atomic E-state index is 0.719. The van der Waals surface area contributed by atoms with Crippen LogP contribution in [-0.4, -0.2) is 6.67 Å². The van der Waals surface area contributed by atoms with E-state index in [9.17, 15) is 0 Å². The van der Waals surface area contributed by atoms with Crippen LogP contribution in [0.1, 0.15) is 45.7 Å². The molecule has 0 bridgehead atoms. The summed E-state index contributed by atoms with van der Waals surface area (Å²) in [6, 6.07) is 8.49. The summed E-state index contributed by atoms with van der Waals surface area (Å²) >= 11 is 0. The third kappa shape index (κ3) is 5.50. The molecule has 2 nitrogen and oxygen atoms in total. The van der Waals surface area contributed by atoms with Gasteiger partial charge in [-0.3, -0.25) is 0 Å². The second-order valence-corrected chi connectivity index (χ2v) is 5.29. The summed E-state index contributed by atoms with van der Waals surface area (Å²) in [5.41, 5.74) is 6.44. The van der Waals surface area contributed by atoms with Crippen molar-refractivity contribution in [3.05, 3.63) is 64.5 Å². The summed E-state index contributed by atoms with van der Waals surface area (Å²) in [5.74, 6) is 0. The van der Waals surface area contributed by atoms with E-state index in [0.717, 1.165) is 13.1 Å². The lowest BCUT2D eigenvalue weighted by molar-refractivity contribution is 0.735. The molecular weight excluding hydrogens is 256 g/mol. The Bertz CT molecular complexity index is 532. The Kier molecular flexibility index (Phi) is 7.38. The van der Waals surface area contributed by atoms with Gasteiger partial charge in [-0.15, -0.1) is 0 Å². The Hall–Kier alpha value is -1.96. The molecule has 0 heterocycles. The van der Waals surface area contributed by atoms with Crippen molar-refractivity contribution in [2.75, 3.05) is 6.67 Å². The van der Waals surface area contributed by atoms with Crippen molar-refractivity contribution in [2.24, 2.45) is 0 Å². The lowest BCUT2D eigenvalue weighted by Crippen LogP contribution is -2.25. The number of hydrogen-bond donors (Lipinski definition) is 2. The SMILES string of the molecule is C/C=C(/C)C(NCN/C=C\c1ccccc1CC)=C(C)C. The van der Waals surface area contributed by atoms with Crippen LogP contribution in [0.5, 0.6) is 0 Å². The summed E-state index contributed by atoms with van der Waals surface area (Å²) in [6.45, 7) is 11.3. The number of hydrogen-bond acceptors (Lipinski definition) is 2. The van der Waals surface area contributed by atoms with Gasteiger partial charge in [-0.05, 0) is 63.1 Å². The molecule has 0 aromatic heterocycles. The smallest absolute Gasteiger partial charge is 0.0844 e. The number of allylic oxidation sites excluding steroid dienone is 3. The zero-order chi connectivity index (χ0) is 15.7. The van der Waals surface area contributed by atoms with Crippen molar-refractivity contribution in [2.45, 2.75) is 41.0 Å². The third-order valence-electron chi connectivity index (χ3n) is 3.51. The third-order valence-corrected chi connectivity index (χ3v) is 3.51. The van der Waals surface area contributed by atoms with Gasteiger partial charge in [0.05, 0.1) is 6.67 Å². The Labute approximate surface area is 129 Å². The Morgan fingerprint density at radius 2 is 1.86 bits per heavy atom. The van der Waals surface area contributed by atoms with Gasteiger partial charge in [-0.1, -0.05) is 42.8 Å². The molecule has 0 aliphatic heterocycles. The van der Waals surface area contributed by atoms with Crippen LogP contribution in [0.25, 0.3) is 6.08 Å². The van der Waals surface area contributed by atoms with Crippen LogP contribution in [0.4, 0.5) is 0 Å². The molecule has 0 atom stereocenters. The molecule has 0 spiro atoms. The van der Waals surface area contributed by atoms with E-state index in [1.165, 1.54) is 28.0 Å². The van der Waals surface area contributed by atoms with Crippen molar-refractivity contribution in [1.82, 2.24) is 10.6 Å². The van der Waals surface area contributed by atoms with Crippen LogP contribution >= 0.6 is 0 Å². The van der Waals surface area contributed by atoms with E-state index < -0.39 is 0 Å². The van der Waals surface area contributed by atoms with Crippen molar-refractivity contribution in [1.29, 1.82) is 0 Å². The van der Waals surface area contributed by atoms with Gasteiger partial charge in [0.25, 0.3) is 0 Å². The van der Waals surface area contributed by atoms with Crippen LogP contribution in [0, 0.1) is 0 Å². The van der Waals surface area contributed by atoms with Crippen LogP contribution in [0.15, 0.2) is 53.4 Å². The predicted molar refractivity (Wildman–Crippen MR) is 93.8 cm³/mol. The first kappa shape index (κ1) is 17.1. The molecule has 1 aromatic carbocycles. The zero-order valence-electron chi connectivity index (χ0n) is 14.0. The van der Waals surface area contributed by atoms with Gasteiger partial charge in [0, 0.05) is 5.70 Å². The van der Waals surface area contributed by atoms with E-state index >= 15 is 0 Å². The normalized spacial score (nSPS) is 11.6. The maximum atomic E-state index is 3.43. The highest BCUT2D eigenvalue weighted by molar-refractivity contribution is 5.53. The van der Waals surface area contributed by atoms with Crippen molar-refractivity contribution in [3.63, 3.8) is 0 Å². The minimum Gasteiger partial charge on any atom is -0.374 e. The average molecular weight is 284 g/mol. The average Bonchev–Trinajstić information content (AvgIpc) is 2.50. The lowest BCUT2D eigenvalue weighted by Gasteiger charge is -2.13.